The van der Waals surface area contributed by atoms with E-state index in [-0.39, 0.29) is 5.78 Å². The number of ketones is 1. The van der Waals surface area contributed by atoms with Crippen molar-refractivity contribution in [2.45, 2.75) is 13.8 Å². The lowest BCUT2D eigenvalue weighted by atomic mass is 9.94. The van der Waals surface area contributed by atoms with Gasteiger partial charge in [-0.15, -0.1) is 0 Å². The quantitative estimate of drug-likeness (QED) is 0.568. The molecule has 3 rings (SSSR count). The van der Waals surface area contributed by atoms with E-state index < -0.39 is 0 Å². The molecule has 0 N–H and O–H groups in total. The Labute approximate surface area is 190 Å². The van der Waals surface area contributed by atoms with Crippen molar-refractivity contribution in [3.8, 4) is 23.0 Å². The summed E-state index contributed by atoms with van der Waals surface area (Å²) in [6, 6.07) is 11.4. The van der Waals surface area contributed by atoms with Gasteiger partial charge in [-0.3, -0.25) is 9.69 Å². The summed E-state index contributed by atoms with van der Waals surface area (Å²) in [5.74, 6) is 2.72. The van der Waals surface area contributed by atoms with E-state index in [2.05, 4.69) is 4.90 Å². The van der Waals surface area contributed by atoms with Crippen LogP contribution in [0.15, 0.2) is 47.5 Å². The van der Waals surface area contributed by atoms with Gasteiger partial charge in [0, 0.05) is 24.2 Å². The molecule has 32 heavy (non-hydrogen) atoms. The lowest BCUT2D eigenvalue weighted by molar-refractivity contribution is -0.113. The minimum atomic E-state index is 0.0452. The zero-order valence-corrected chi connectivity index (χ0v) is 19.4. The summed E-state index contributed by atoms with van der Waals surface area (Å²) in [4.78, 5) is 15.4. The summed E-state index contributed by atoms with van der Waals surface area (Å²) in [5, 5.41) is 0. The van der Waals surface area contributed by atoms with Crippen molar-refractivity contribution in [3.63, 3.8) is 0 Å². The second-order valence-corrected chi connectivity index (χ2v) is 7.53. The summed E-state index contributed by atoms with van der Waals surface area (Å²) < 4.78 is 22.1. The molecule has 0 saturated carbocycles. The Balaban J connectivity index is 1.91. The minimum absolute atomic E-state index is 0.0452. The van der Waals surface area contributed by atoms with Gasteiger partial charge in [0.05, 0.1) is 27.4 Å². The van der Waals surface area contributed by atoms with Crippen molar-refractivity contribution in [2.75, 3.05) is 47.6 Å². The number of likely N-dealkylation sites (N-methyl/N-ethyl adjacent to an activating group) is 1. The molecule has 6 nitrogen and oxygen atoms in total. The summed E-state index contributed by atoms with van der Waals surface area (Å²) in [6.07, 6.45) is 3.84. The van der Waals surface area contributed by atoms with Crippen LogP contribution in [0.1, 0.15) is 25.0 Å². The van der Waals surface area contributed by atoms with Crippen molar-refractivity contribution in [1.82, 2.24) is 4.90 Å². The average Bonchev–Trinajstić information content (AvgIpc) is 2.79. The zero-order chi connectivity index (χ0) is 23.1. The van der Waals surface area contributed by atoms with Gasteiger partial charge in [-0.25, -0.2) is 0 Å². The number of likely N-dealkylation sites (tertiary alicyclic amines) is 1. The van der Waals surface area contributed by atoms with Crippen LogP contribution in [-0.4, -0.2) is 58.3 Å². The first-order valence-corrected chi connectivity index (χ1v) is 10.7. The second kappa shape index (κ2) is 10.9. The van der Waals surface area contributed by atoms with Crippen molar-refractivity contribution in [2.24, 2.45) is 0 Å². The fourth-order valence-corrected chi connectivity index (χ4v) is 3.71. The van der Waals surface area contributed by atoms with Gasteiger partial charge < -0.3 is 18.9 Å². The van der Waals surface area contributed by atoms with Gasteiger partial charge in [-0.05, 0) is 68.4 Å². The Hall–Kier alpha value is -3.25. The number of piperidine rings is 1. The van der Waals surface area contributed by atoms with Crippen molar-refractivity contribution in [1.29, 1.82) is 0 Å². The molecule has 0 spiro atoms. The number of ether oxygens (including phenoxy) is 4. The van der Waals surface area contributed by atoms with Gasteiger partial charge in [-0.2, -0.15) is 0 Å². The van der Waals surface area contributed by atoms with Crippen LogP contribution in [0.4, 0.5) is 0 Å². The Morgan fingerprint density at radius 2 is 1.22 bits per heavy atom. The lowest BCUT2D eigenvalue weighted by Gasteiger charge is -2.26. The van der Waals surface area contributed by atoms with Gasteiger partial charge in [0.2, 0.25) is 0 Å². The molecule has 1 aliphatic rings. The van der Waals surface area contributed by atoms with Crippen LogP contribution >= 0.6 is 0 Å². The summed E-state index contributed by atoms with van der Waals surface area (Å²) >= 11 is 0. The smallest absolute Gasteiger partial charge is 0.187 e. The van der Waals surface area contributed by atoms with Crippen LogP contribution < -0.4 is 18.9 Å². The van der Waals surface area contributed by atoms with E-state index in [0.29, 0.717) is 49.3 Å². The molecule has 0 unspecified atom stereocenters. The second-order valence-electron chi connectivity index (χ2n) is 7.53. The molecule has 1 saturated heterocycles. The first kappa shape index (κ1) is 23.4. The zero-order valence-electron chi connectivity index (χ0n) is 19.4. The van der Waals surface area contributed by atoms with Gasteiger partial charge in [0.15, 0.2) is 28.8 Å². The average molecular weight is 438 g/mol. The fraction of sp³-hybridized carbons (Fsp3) is 0.346. The van der Waals surface area contributed by atoms with Crippen LogP contribution in [0.5, 0.6) is 23.0 Å². The molecule has 0 aromatic heterocycles. The molecule has 170 valence electrons. The number of hydrogen-bond donors (Lipinski definition) is 0. The highest BCUT2D eigenvalue weighted by Crippen LogP contribution is 2.31. The number of Topliss-reactive ketones (excluding diaryl/α,β-unsaturated/α-hetero) is 1. The molecular weight excluding hydrogens is 406 g/mol. The minimum Gasteiger partial charge on any atom is -0.493 e. The maximum Gasteiger partial charge on any atom is 0.187 e. The monoisotopic (exact) mass is 437 g/mol. The molecule has 2 aromatic carbocycles. The summed E-state index contributed by atoms with van der Waals surface area (Å²) in [5.41, 5.74) is 3.25. The Morgan fingerprint density at radius 1 is 0.781 bits per heavy atom. The number of carbonyl (C=O) groups excluding carboxylic acids is 1. The lowest BCUT2D eigenvalue weighted by Crippen LogP contribution is -2.34. The molecule has 0 radical (unpaired) electrons. The molecule has 1 aliphatic heterocycles. The highest BCUT2D eigenvalue weighted by Gasteiger charge is 2.24. The first-order valence-electron chi connectivity index (χ1n) is 10.7. The number of carbonyl (C=O) groups is 1. The van der Waals surface area contributed by atoms with Crippen LogP contribution in [0.2, 0.25) is 0 Å². The maximum absolute atomic E-state index is 13.3. The van der Waals surface area contributed by atoms with Crippen LogP contribution in [0.25, 0.3) is 12.2 Å². The van der Waals surface area contributed by atoms with E-state index in [9.17, 15) is 4.79 Å². The molecule has 1 fully saturated rings. The van der Waals surface area contributed by atoms with Crippen molar-refractivity contribution >= 4 is 17.9 Å². The van der Waals surface area contributed by atoms with Gasteiger partial charge in [-0.1, -0.05) is 12.1 Å². The summed E-state index contributed by atoms with van der Waals surface area (Å²) in [7, 11) is 5.23. The van der Waals surface area contributed by atoms with Crippen molar-refractivity contribution < 1.29 is 23.7 Å². The normalized spacial score (nSPS) is 17.0. The van der Waals surface area contributed by atoms with E-state index in [1.807, 2.05) is 69.4 Å². The molecular formula is C26H31NO5. The first-order chi connectivity index (χ1) is 15.5. The maximum atomic E-state index is 13.3. The predicted octanol–water partition coefficient (Wildman–Crippen LogP) is 4.48. The van der Waals surface area contributed by atoms with Crippen LogP contribution in [0, 0.1) is 0 Å². The highest BCUT2D eigenvalue weighted by molar-refractivity contribution is 6.14. The molecule has 0 bridgehead atoms. The Bertz CT molecular complexity index is 945. The fourth-order valence-electron chi connectivity index (χ4n) is 3.71. The van der Waals surface area contributed by atoms with Crippen LogP contribution in [0.3, 0.4) is 0 Å². The van der Waals surface area contributed by atoms with Gasteiger partial charge in [0.1, 0.15) is 0 Å². The number of benzene rings is 2. The van der Waals surface area contributed by atoms with Crippen LogP contribution in [-0.2, 0) is 4.79 Å². The number of methoxy groups -OCH3 is 2. The number of nitrogens with zero attached hydrogens (tertiary/aromatic N) is 1. The number of rotatable bonds is 8. The number of hydrogen-bond acceptors (Lipinski definition) is 6. The Kier molecular flexibility index (Phi) is 7.95. The molecule has 0 aliphatic carbocycles. The topological polar surface area (TPSA) is 57.2 Å². The SMILES string of the molecule is CCOc1ccc(C=C2CN(C)CC(=Cc3ccc(OCC)c(OC)c3)C2=O)cc1OC. The van der Waals surface area contributed by atoms with E-state index in [1.54, 1.807) is 14.2 Å². The molecule has 2 aromatic rings. The highest BCUT2D eigenvalue weighted by atomic mass is 16.5. The van der Waals surface area contributed by atoms with E-state index in [0.717, 1.165) is 22.3 Å². The largest absolute Gasteiger partial charge is 0.493 e. The van der Waals surface area contributed by atoms with Gasteiger partial charge >= 0.3 is 0 Å². The molecule has 6 heteroatoms. The predicted molar refractivity (Wildman–Crippen MR) is 127 cm³/mol. The third-order valence-corrected chi connectivity index (χ3v) is 5.12. The third-order valence-electron chi connectivity index (χ3n) is 5.12. The van der Waals surface area contributed by atoms with E-state index in [4.69, 9.17) is 18.9 Å². The third kappa shape index (κ3) is 5.51. The van der Waals surface area contributed by atoms with E-state index >= 15 is 0 Å². The Morgan fingerprint density at radius 3 is 1.59 bits per heavy atom. The molecule has 0 atom stereocenters. The molecule has 0 amide bonds. The van der Waals surface area contributed by atoms with Gasteiger partial charge in [0.25, 0.3) is 0 Å². The standard InChI is InChI=1S/C26H31NO5/c1-6-31-22-10-8-18(14-24(22)29-4)12-20-16-27(3)17-21(26(20)28)13-19-9-11-23(32-7-2)25(15-19)30-5/h8-15H,6-7,16-17H2,1-5H3. The van der Waals surface area contributed by atoms with Crippen molar-refractivity contribution in [3.05, 3.63) is 58.7 Å². The van der Waals surface area contributed by atoms with E-state index in [1.165, 1.54) is 0 Å². The summed E-state index contributed by atoms with van der Waals surface area (Å²) in [6.45, 7) is 6.14. The molecule has 1 heterocycles.